The molecule has 0 saturated carbocycles. The highest BCUT2D eigenvalue weighted by molar-refractivity contribution is 7.91. The standard InChI is InChI=1S/C17H25N3O3S/c1-2-20(16-8-13-24(22,23)14-16)17(21)19-11-9-18(10-12-19)15-6-4-3-5-7-15/h3-7,16H,2,8-14H2,1H3. The van der Waals surface area contributed by atoms with E-state index in [-0.39, 0.29) is 23.6 Å². The fraction of sp³-hybridized carbons (Fsp3) is 0.588. The molecular formula is C17H25N3O3S. The van der Waals surface area contributed by atoms with Crippen LogP contribution in [0, 0.1) is 0 Å². The number of amides is 2. The minimum absolute atomic E-state index is 0.0210. The smallest absolute Gasteiger partial charge is 0.320 e. The summed E-state index contributed by atoms with van der Waals surface area (Å²) in [5.41, 5.74) is 1.18. The molecule has 0 bridgehead atoms. The van der Waals surface area contributed by atoms with E-state index in [1.807, 2.05) is 30.0 Å². The molecule has 2 saturated heterocycles. The van der Waals surface area contributed by atoms with Gasteiger partial charge in [0.05, 0.1) is 11.5 Å². The lowest BCUT2D eigenvalue weighted by Crippen LogP contribution is -2.55. The van der Waals surface area contributed by atoms with Gasteiger partial charge >= 0.3 is 6.03 Å². The highest BCUT2D eigenvalue weighted by Gasteiger charge is 2.36. The molecule has 24 heavy (non-hydrogen) atoms. The zero-order valence-electron chi connectivity index (χ0n) is 14.1. The van der Waals surface area contributed by atoms with Gasteiger partial charge in [0.15, 0.2) is 9.84 Å². The van der Waals surface area contributed by atoms with E-state index in [1.54, 1.807) is 4.90 Å². The molecule has 0 aromatic heterocycles. The molecule has 2 amide bonds. The molecule has 1 aromatic rings. The van der Waals surface area contributed by atoms with Crippen LogP contribution in [0.2, 0.25) is 0 Å². The Morgan fingerprint density at radius 3 is 2.38 bits per heavy atom. The first kappa shape index (κ1) is 17.1. The maximum Gasteiger partial charge on any atom is 0.320 e. The Hall–Kier alpha value is -1.76. The Morgan fingerprint density at radius 2 is 1.83 bits per heavy atom. The summed E-state index contributed by atoms with van der Waals surface area (Å²) in [4.78, 5) is 18.7. The second-order valence-corrected chi connectivity index (χ2v) is 8.66. The average molecular weight is 351 g/mol. The maximum atomic E-state index is 12.8. The quantitative estimate of drug-likeness (QED) is 0.827. The van der Waals surface area contributed by atoms with E-state index in [1.165, 1.54) is 5.69 Å². The van der Waals surface area contributed by atoms with Crippen LogP contribution in [-0.4, -0.2) is 74.5 Å². The maximum absolute atomic E-state index is 12.8. The van der Waals surface area contributed by atoms with Crippen LogP contribution in [0.25, 0.3) is 0 Å². The van der Waals surface area contributed by atoms with Gasteiger partial charge in [-0.1, -0.05) is 18.2 Å². The first-order chi connectivity index (χ1) is 11.5. The number of rotatable bonds is 3. The molecule has 1 unspecified atom stereocenters. The number of para-hydroxylation sites is 1. The van der Waals surface area contributed by atoms with Gasteiger partial charge in [0.1, 0.15) is 0 Å². The Labute approximate surface area is 144 Å². The number of anilines is 1. The first-order valence-corrected chi connectivity index (χ1v) is 10.4. The van der Waals surface area contributed by atoms with E-state index in [2.05, 4.69) is 17.0 Å². The van der Waals surface area contributed by atoms with Crippen molar-refractivity contribution in [3.8, 4) is 0 Å². The summed E-state index contributed by atoms with van der Waals surface area (Å²) in [5, 5.41) is 0. The van der Waals surface area contributed by atoms with Gasteiger partial charge < -0.3 is 14.7 Å². The summed E-state index contributed by atoms with van der Waals surface area (Å²) in [6, 6.07) is 10.0. The van der Waals surface area contributed by atoms with Crippen molar-refractivity contribution in [2.24, 2.45) is 0 Å². The van der Waals surface area contributed by atoms with E-state index in [0.29, 0.717) is 26.1 Å². The molecule has 6 nitrogen and oxygen atoms in total. The summed E-state index contributed by atoms with van der Waals surface area (Å²) >= 11 is 0. The van der Waals surface area contributed by atoms with E-state index in [9.17, 15) is 13.2 Å². The van der Waals surface area contributed by atoms with Crippen molar-refractivity contribution in [2.75, 3.05) is 49.1 Å². The first-order valence-electron chi connectivity index (χ1n) is 8.56. The van der Waals surface area contributed by atoms with Crippen molar-refractivity contribution >= 4 is 21.6 Å². The fourth-order valence-corrected chi connectivity index (χ4v) is 5.28. The van der Waals surface area contributed by atoms with E-state index in [0.717, 1.165) is 13.1 Å². The Balaban J connectivity index is 1.60. The van der Waals surface area contributed by atoms with E-state index >= 15 is 0 Å². The number of benzene rings is 1. The number of nitrogens with zero attached hydrogens (tertiary/aromatic N) is 3. The minimum atomic E-state index is -2.98. The molecule has 2 fully saturated rings. The number of hydrogen-bond acceptors (Lipinski definition) is 4. The van der Waals surface area contributed by atoms with Crippen molar-refractivity contribution in [1.82, 2.24) is 9.80 Å². The third kappa shape index (κ3) is 3.66. The lowest BCUT2D eigenvalue weighted by Gasteiger charge is -2.39. The van der Waals surface area contributed by atoms with Gasteiger partial charge in [0.25, 0.3) is 0 Å². The van der Waals surface area contributed by atoms with Gasteiger partial charge in [-0.3, -0.25) is 0 Å². The van der Waals surface area contributed by atoms with Gasteiger partial charge in [0.2, 0.25) is 0 Å². The highest BCUT2D eigenvalue weighted by atomic mass is 32.2. The number of piperazine rings is 1. The molecule has 3 rings (SSSR count). The molecule has 1 aromatic carbocycles. The summed E-state index contributed by atoms with van der Waals surface area (Å²) in [6.07, 6.45) is 0.561. The van der Waals surface area contributed by atoms with Gasteiger partial charge in [-0.15, -0.1) is 0 Å². The van der Waals surface area contributed by atoms with Crippen LogP contribution in [-0.2, 0) is 9.84 Å². The van der Waals surface area contributed by atoms with Crippen molar-refractivity contribution in [3.05, 3.63) is 30.3 Å². The third-order valence-electron chi connectivity index (χ3n) is 4.91. The Morgan fingerprint density at radius 1 is 1.17 bits per heavy atom. The summed E-state index contributed by atoms with van der Waals surface area (Å²) in [7, 11) is -2.98. The predicted octanol–water partition coefficient (Wildman–Crippen LogP) is 1.44. The number of hydrogen-bond donors (Lipinski definition) is 0. The van der Waals surface area contributed by atoms with Crippen molar-refractivity contribution < 1.29 is 13.2 Å². The largest absolute Gasteiger partial charge is 0.368 e. The van der Waals surface area contributed by atoms with Gasteiger partial charge in [-0.05, 0) is 25.5 Å². The molecule has 132 valence electrons. The Bertz CT molecular complexity index is 670. The predicted molar refractivity (Wildman–Crippen MR) is 95.1 cm³/mol. The molecule has 7 heteroatoms. The van der Waals surface area contributed by atoms with Crippen LogP contribution in [0.1, 0.15) is 13.3 Å². The van der Waals surface area contributed by atoms with Crippen molar-refractivity contribution in [2.45, 2.75) is 19.4 Å². The molecular weight excluding hydrogens is 326 g/mol. The molecule has 2 aliphatic heterocycles. The van der Waals surface area contributed by atoms with Crippen LogP contribution < -0.4 is 4.90 Å². The second-order valence-electron chi connectivity index (χ2n) is 6.44. The van der Waals surface area contributed by atoms with Crippen molar-refractivity contribution in [1.29, 1.82) is 0 Å². The zero-order valence-corrected chi connectivity index (χ0v) is 14.9. The lowest BCUT2D eigenvalue weighted by atomic mass is 10.2. The zero-order chi connectivity index (χ0) is 17.2. The average Bonchev–Trinajstić information content (AvgIpc) is 2.96. The highest BCUT2D eigenvalue weighted by Crippen LogP contribution is 2.21. The summed E-state index contributed by atoms with van der Waals surface area (Å²) < 4.78 is 23.4. The van der Waals surface area contributed by atoms with E-state index < -0.39 is 9.84 Å². The second kappa shape index (κ2) is 7.01. The third-order valence-corrected chi connectivity index (χ3v) is 6.66. The lowest BCUT2D eigenvalue weighted by molar-refractivity contribution is 0.138. The van der Waals surface area contributed by atoms with Crippen molar-refractivity contribution in [3.63, 3.8) is 0 Å². The van der Waals surface area contributed by atoms with Crippen LogP contribution in [0.5, 0.6) is 0 Å². The minimum Gasteiger partial charge on any atom is -0.368 e. The molecule has 0 spiro atoms. The monoisotopic (exact) mass is 351 g/mol. The molecule has 0 N–H and O–H groups in total. The number of sulfone groups is 1. The van der Waals surface area contributed by atoms with Crippen LogP contribution in [0.4, 0.5) is 10.5 Å². The molecule has 2 heterocycles. The molecule has 0 radical (unpaired) electrons. The van der Waals surface area contributed by atoms with Crippen LogP contribution in [0.3, 0.4) is 0 Å². The van der Waals surface area contributed by atoms with Gasteiger partial charge in [-0.2, -0.15) is 0 Å². The summed E-state index contributed by atoms with van der Waals surface area (Å²) in [6.45, 7) is 5.42. The Kier molecular flexibility index (Phi) is 4.99. The normalized spacial score (nSPS) is 23.3. The van der Waals surface area contributed by atoms with E-state index in [4.69, 9.17) is 0 Å². The van der Waals surface area contributed by atoms with Gasteiger partial charge in [0, 0.05) is 44.5 Å². The van der Waals surface area contributed by atoms with Crippen LogP contribution >= 0.6 is 0 Å². The molecule has 1 atom stereocenters. The number of urea groups is 1. The van der Waals surface area contributed by atoms with Gasteiger partial charge in [-0.25, -0.2) is 13.2 Å². The molecule has 0 aliphatic carbocycles. The fourth-order valence-electron chi connectivity index (χ4n) is 3.55. The number of carbonyl (C=O) groups is 1. The van der Waals surface area contributed by atoms with Crippen LogP contribution in [0.15, 0.2) is 30.3 Å². The molecule has 2 aliphatic rings. The summed E-state index contributed by atoms with van der Waals surface area (Å²) in [5.74, 6) is 0.305. The number of carbonyl (C=O) groups excluding carboxylic acids is 1. The SMILES string of the molecule is CCN(C(=O)N1CCN(c2ccccc2)CC1)C1CCS(=O)(=O)C1. The topological polar surface area (TPSA) is 60.9 Å².